The van der Waals surface area contributed by atoms with Gasteiger partial charge >= 0.3 is 0 Å². The van der Waals surface area contributed by atoms with Crippen molar-refractivity contribution < 1.29 is 0 Å². The summed E-state index contributed by atoms with van der Waals surface area (Å²) in [7, 11) is 0. The summed E-state index contributed by atoms with van der Waals surface area (Å²) < 4.78 is 0. The van der Waals surface area contributed by atoms with Gasteiger partial charge in [-0.25, -0.2) is 0 Å². The standard InChI is InChI=1S/C15H17N/c1-15(2,3)14-9-10-16-11-13(14)12-7-5-4-6-8-12/h4-11H,1-3H3. The molecule has 1 heteroatoms. The Morgan fingerprint density at radius 3 is 2.25 bits per heavy atom. The fourth-order valence-electron chi connectivity index (χ4n) is 1.90. The minimum atomic E-state index is 0.147. The fourth-order valence-corrected chi connectivity index (χ4v) is 1.90. The Balaban J connectivity index is 2.58. The number of hydrogen-bond acceptors (Lipinski definition) is 1. The highest BCUT2D eigenvalue weighted by Crippen LogP contribution is 2.31. The summed E-state index contributed by atoms with van der Waals surface area (Å²) in [4.78, 5) is 4.24. The summed E-state index contributed by atoms with van der Waals surface area (Å²) in [6.07, 6.45) is 3.82. The second-order valence-corrected chi connectivity index (χ2v) is 5.04. The molecule has 1 nitrogen and oxygen atoms in total. The molecule has 0 bridgehead atoms. The normalized spacial score (nSPS) is 11.4. The first-order chi connectivity index (χ1) is 7.59. The van der Waals surface area contributed by atoms with Crippen LogP contribution < -0.4 is 0 Å². The van der Waals surface area contributed by atoms with Crippen LogP contribution in [0.2, 0.25) is 0 Å². The van der Waals surface area contributed by atoms with E-state index in [0.29, 0.717) is 0 Å². The van der Waals surface area contributed by atoms with E-state index >= 15 is 0 Å². The SMILES string of the molecule is CC(C)(C)c1ccncc1-c1ccccc1. The van der Waals surface area contributed by atoms with Crippen molar-refractivity contribution in [2.24, 2.45) is 0 Å². The predicted octanol–water partition coefficient (Wildman–Crippen LogP) is 4.05. The van der Waals surface area contributed by atoms with Crippen LogP contribution in [-0.4, -0.2) is 4.98 Å². The lowest BCUT2D eigenvalue weighted by Gasteiger charge is -2.22. The molecule has 0 amide bonds. The Hall–Kier alpha value is -1.63. The molecular weight excluding hydrogens is 194 g/mol. The molecule has 0 radical (unpaired) electrons. The Bertz CT molecular complexity index is 466. The van der Waals surface area contributed by atoms with E-state index in [1.807, 2.05) is 18.5 Å². The zero-order chi connectivity index (χ0) is 11.6. The van der Waals surface area contributed by atoms with Gasteiger partial charge in [0, 0.05) is 18.0 Å². The molecule has 2 rings (SSSR count). The van der Waals surface area contributed by atoms with E-state index < -0.39 is 0 Å². The van der Waals surface area contributed by atoms with E-state index in [1.54, 1.807) is 0 Å². The Kier molecular flexibility index (Phi) is 2.78. The molecule has 0 saturated carbocycles. The minimum absolute atomic E-state index is 0.147. The van der Waals surface area contributed by atoms with E-state index in [2.05, 4.69) is 56.1 Å². The molecule has 82 valence electrons. The molecule has 1 heterocycles. The molecule has 0 aliphatic carbocycles. The van der Waals surface area contributed by atoms with E-state index in [-0.39, 0.29) is 5.41 Å². The average molecular weight is 211 g/mol. The highest BCUT2D eigenvalue weighted by atomic mass is 14.6. The van der Waals surface area contributed by atoms with Crippen molar-refractivity contribution in [2.45, 2.75) is 26.2 Å². The number of benzene rings is 1. The minimum Gasteiger partial charge on any atom is -0.264 e. The topological polar surface area (TPSA) is 12.9 Å². The molecule has 2 aromatic rings. The van der Waals surface area contributed by atoms with Crippen molar-refractivity contribution in [3.8, 4) is 11.1 Å². The van der Waals surface area contributed by atoms with Gasteiger partial charge in [-0.1, -0.05) is 51.1 Å². The number of aromatic nitrogens is 1. The molecule has 0 unspecified atom stereocenters. The summed E-state index contributed by atoms with van der Waals surface area (Å²) in [5.41, 5.74) is 3.96. The maximum Gasteiger partial charge on any atom is 0.0349 e. The largest absolute Gasteiger partial charge is 0.264 e. The van der Waals surface area contributed by atoms with Crippen molar-refractivity contribution in [3.05, 3.63) is 54.4 Å². The van der Waals surface area contributed by atoms with Crippen molar-refractivity contribution in [1.82, 2.24) is 4.98 Å². The van der Waals surface area contributed by atoms with Crippen LogP contribution >= 0.6 is 0 Å². The van der Waals surface area contributed by atoms with Gasteiger partial charge in [-0.3, -0.25) is 4.98 Å². The van der Waals surface area contributed by atoms with Gasteiger partial charge in [-0.2, -0.15) is 0 Å². The van der Waals surface area contributed by atoms with Gasteiger partial charge in [-0.15, -0.1) is 0 Å². The molecule has 1 aromatic heterocycles. The third kappa shape index (κ3) is 2.13. The zero-order valence-electron chi connectivity index (χ0n) is 10.1. The summed E-state index contributed by atoms with van der Waals surface area (Å²) >= 11 is 0. The predicted molar refractivity (Wildman–Crippen MR) is 68.4 cm³/mol. The molecule has 0 fully saturated rings. The van der Waals surface area contributed by atoms with E-state index in [0.717, 1.165) is 0 Å². The van der Waals surface area contributed by atoms with Crippen LogP contribution in [0.3, 0.4) is 0 Å². The van der Waals surface area contributed by atoms with Crippen molar-refractivity contribution in [1.29, 1.82) is 0 Å². The highest BCUT2D eigenvalue weighted by molar-refractivity contribution is 5.67. The summed E-state index contributed by atoms with van der Waals surface area (Å²) in [6, 6.07) is 12.5. The van der Waals surface area contributed by atoms with Crippen molar-refractivity contribution >= 4 is 0 Å². The average Bonchev–Trinajstić information content (AvgIpc) is 2.29. The van der Waals surface area contributed by atoms with Gasteiger partial charge < -0.3 is 0 Å². The lowest BCUT2D eigenvalue weighted by Crippen LogP contribution is -2.12. The summed E-state index contributed by atoms with van der Waals surface area (Å²) in [5, 5.41) is 0. The van der Waals surface area contributed by atoms with Gasteiger partial charge in [0.2, 0.25) is 0 Å². The van der Waals surface area contributed by atoms with Gasteiger partial charge in [-0.05, 0) is 22.6 Å². The molecule has 0 spiro atoms. The van der Waals surface area contributed by atoms with Crippen LogP contribution in [0.5, 0.6) is 0 Å². The van der Waals surface area contributed by atoms with Gasteiger partial charge in [0.05, 0.1) is 0 Å². The van der Waals surface area contributed by atoms with Crippen LogP contribution in [0.15, 0.2) is 48.8 Å². The Morgan fingerprint density at radius 2 is 1.62 bits per heavy atom. The van der Waals surface area contributed by atoms with Crippen LogP contribution in [0.1, 0.15) is 26.3 Å². The van der Waals surface area contributed by atoms with E-state index in [4.69, 9.17) is 0 Å². The van der Waals surface area contributed by atoms with Gasteiger partial charge in [0.1, 0.15) is 0 Å². The number of hydrogen-bond donors (Lipinski definition) is 0. The van der Waals surface area contributed by atoms with Crippen molar-refractivity contribution in [3.63, 3.8) is 0 Å². The first kappa shape index (κ1) is 10.9. The van der Waals surface area contributed by atoms with Crippen LogP contribution in [0.25, 0.3) is 11.1 Å². The number of nitrogens with zero attached hydrogens (tertiary/aromatic N) is 1. The molecule has 0 atom stereocenters. The van der Waals surface area contributed by atoms with E-state index in [1.165, 1.54) is 16.7 Å². The smallest absolute Gasteiger partial charge is 0.0349 e. The number of pyridine rings is 1. The van der Waals surface area contributed by atoms with E-state index in [9.17, 15) is 0 Å². The monoisotopic (exact) mass is 211 g/mol. The lowest BCUT2D eigenvalue weighted by molar-refractivity contribution is 0.591. The summed E-state index contributed by atoms with van der Waals surface area (Å²) in [5.74, 6) is 0. The first-order valence-corrected chi connectivity index (χ1v) is 5.59. The van der Waals surface area contributed by atoms with Crippen molar-refractivity contribution in [2.75, 3.05) is 0 Å². The molecule has 0 N–H and O–H groups in total. The third-order valence-electron chi connectivity index (χ3n) is 2.71. The molecular formula is C15H17N. The van der Waals surface area contributed by atoms with Gasteiger partial charge in [0.15, 0.2) is 0 Å². The second-order valence-electron chi connectivity index (χ2n) is 5.04. The molecule has 0 aliphatic rings. The molecule has 0 aliphatic heterocycles. The quantitative estimate of drug-likeness (QED) is 0.693. The van der Waals surface area contributed by atoms with Crippen LogP contribution in [0, 0.1) is 0 Å². The molecule has 0 saturated heterocycles. The second kappa shape index (κ2) is 4.09. The Labute approximate surface area is 97.2 Å². The van der Waals surface area contributed by atoms with Gasteiger partial charge in [0.25, 0.3) is 0 Å². The maximum atomic E-state index is 4.24. The molecule has 16 heavy (non-hydrogen) atoms. The third-order valence-corrected chi connectivity index (χ3v) is 2.71. The summed E-state index contributed by atoms with van der Waals surface area (Å²) in [6.45, 7) is 6.69. The maximum absolute atomic E-state index is 4.24. The van der Waals surface area contributed by atoms with Crippen LogP contribution in [-0.2, 0) is 5.41 Å². The highest BCUT2D eigenvalue weighted by Gasteiger charge is 2.18. The number of rotatable bonds is 1. The fraction of sp³-hybridized carbons (Fsp3) is 0.267. The lowest BCUT2D eigenvalue weighted by atomic mass is 9.83. The first-order valence-electron chi connectivity index (χ1n) is 5.59. The molecule has 1 aromatic carbocycles. The van der Waals surface area contributed by atoms with Crippen LogP contribution in [0.4, 0.5) is 0 Å². The Morgan fingerprint density at radius 1 is 0.938 bits per heavy atom. The zero-order valence-corrected chi connectivity index (χ0v) is 10.1.